The average molecular weight is 351 g/mol. The van der Waals surface area contributed by atoms with E-state index in [0.717, 1.165) is 5.56 Å². The molecule has 3 rings (SSSR count). The lowest BCUT2D eigenvalue weighted by atomic mass is 10.1. The number of carbonyl (C=O) groups excluding carboxylic acids is 1. The fourth-order valence-corrected chi connectivity index (χ4v) is 2.27. The van der Waals surface area contributed by atoms with Crippen LogP contribution in [0.2, 0.25) is 0 Å². The fourth-order valence-electron chi connectivity index (χ4n) is 2.27. The molecule has 8 nitrogen and oxygen atoms in total. The van der Waals surface area contributed by atoms with Crippen LogP contribution in [-0.2, 0) is 0 Å². The molecule has 1 aromatic carbocycles. The van der Waals surface area contributed by atoms with E-state index in [1.165, 1.54) is 6.21 Å². The van der Waals surface area contributed by atoms with Crippen molar-refractivity contribution in [2.24, 2.45) is 5.10 Å². The number of hydrazone groups is 1. The standard InChI is InChI=1S/C18H17N5O3/c1-25-13-3-4-17(26-2)14(9-13)15-10-16(22-21-15)18(24)23-20-11-12-5-7-19-8-6-12/h3-11H,1-2H3,(H,21,22)(H,23,24). The van der Waals surface area contributed by atoms with E-state index in [0.29, 0.717) is 22.8 Å². The number of nitrogens with one attached hydrogen (secondary N) is 2. The predicted octanol–water partition coefficient (Wildman–Crippen LogP) is 2.25. The number of carbonyl (C=O) groups is 1. The fraction of sp³-hybridized carbons (Fsp3) is 0.111. The molecule has 0 fully saturated rings. The number of H-pyrrole nitrogens is 1. The highest BCUT2D eigenvalue weighted by atomic mass is 16.5. The Labute approximate surface area is 149 Å². The average Bonchev–Trinajstić information content (AvgIpc) is 3.18. The Morgan fingerprint density at radius 1 is 1.15 bits per heavy atom. The van der Waals surface area contributed by atoms with Crippen LogP contribution in [0.4, 0.5) is 0 Å². The SMILES string of the molecule is COc1ccc(OC)c(-c2cc(C(=O)NN=Cc3ccncc3)[nH]n2)c1. The van der Waals surface area contributed by atoms with E-state index in [2.05, 4.69) is 25.7 Å². The molecule has 2 heterocycles. The lowest BCUT2D eigenvalue weighted by Crippen LogP contribution is -2.17. The van der Waals surface area contributed by atoms with Gasteiger partial charge in [-0.3, -0.25) is 14.9 Å². The topological polar surface area (TPSA) is 101 Å². The predicted molar refractivity (Wildman–Crippen MR) is 96.4 cm³/mol. The second-order valence-electron chi connectivity index (χ2n) is 5.21. The zero-order valence-corrected chi connectivity index (χ0v) is 14.3. The molecule has 0 aliphatic carbocycles. The van der Waals surface area contributed by atoms with E-state index < -0.39 is 5.91 Å². The number of nitrogens with zero attached hydrogens (tertiary/aromatic N) is 3. The minimum Gasteiger partial charge on any atom is -0.497 e. The molecule has 2 aromatic heterocycles. The number of hydrogen-bond donors (Lipinski definition) is 2. The maximum Gasteiger partial charge on any atom is 0.289 e. The lowest BCUT2D eigenvalue weighted by Gasteiger charge is -2.08. The molecule has 0 atom stereocenters. The number of methoxy groups -OCH3 is 2. The van der Waals surface area contributed by atoms with E-state index in [9.17, 15) is 4.79 Å². The molecule has 0 aliphatic rings. The van der Waals surface area contributed by atoms with Crippen LogP contribution in [0.1, 0.15) is 16.1 Å². The normalized spacial score (nSPS) is 10.7. The van der Waals surface area contributed by atoms with Crippen molar-refractivity contribution < 1.29 is 14.3 Å². The van der Waals surface area contributed by atoms with Gasteiger partial charge < -0.3 is 9.47 Å². The van der Waals surface area contributed by atoms with Gasteiger partial charge in [-0.05, 0) is 42.0 Å². The first-order valence-electron chi connectivity index (χ1n) is 7.72. The van der Waals surface area contributed by atoms with E-state index in [1.807, 2.05) is 0 Å². The van der Waals surface area contributed by atoms with Crippen LogP contribution in [-0.4, -0.2) is 41.5 Å². The lowest BCUT2D eigenvalue weighted by molar-refractivity contribution is 0.0950. The number of aromatic amines is 1. The maximum atomic E-state index is 12.2. The van der Waals surface area contributed by atoms with E-state index >= 15 is 0 Å². The molecule has 0 bridgehead atoms. The summed E-state index contributed by atoms with van der Waals surface area (Å²) in [5, 5.41) is 10.8. The zero-order chi connectivity index (χ0) is 18.4. The quantitative estimate of drug-likeness (QED) is 0.524. The molecule has 26 heavy (non-hydrogen) atoms. The molecule has 1 amide bonds. The van der Waals surface area contributed by atoms with Gasteiger partial charge in [-0.25, -0.2) is 5.43 Å². The summed E-state index contributed by atoms with van der Waals surface area (Å²) in [6.45, 7) is 0. The van der Waals surface area contributed by atoms with Crippen molar-refractivity contribution >= 4 is 12.1 Å². The van der Waals surface area contributed by atoms with Gasteiger partial charge in [0, 0.05) is 18.0 Å². The number of rotatable bonds is 6. The zero-order valence-electron chi connectivity index (χ0n) is 14.3. The van der Waals surface area contributed by atoms with Gasteiger partial charge in [0.05, 0.1) is 26.1 Å². The van der Waals surface area contributed by atoms with Crippen molar-refractivity contribution in [3.63, 3.8) is 0 Å². The highest BCUT2D eigenvalue weighted by Crippen LogP contribution is 2.32. The third-order valence-electron chi connectivity index (χ3n) is 3.59. The third kappa shape index (κ3) is 3.86. The summed E-state index contributed by atoms with van der Waals surface area (Å²) in [5.41, 5.74) is 4.82. The molecule has 0 spiro atoms. The molecule has 0 unspecified atom stereocenters. The molecule has 8 heteroatoms. The molecular formula is C18H17N5O3. The van der Waals surface area contributed by atoms with Crippen LogP contribution in [0.15, 0.2) is 53.9 Å². The molecule has 3 aromatic rings. The molecule has 132 valence electrons. The maximum absolute atomic E-state index is 12.2. The molecule has 0 aliphatic heterocycles. The number of ether oxygens (including phenoxy) is 2. The van der Waals surface area contributed by atoms with Gasteiger partial charge in [0.25, 0.3) is 5.91 Å². The van der Waals surface area contributed by atoms with Gasteiger partial charge in [0.15, 0.2) is 0 Å². The Morgan fingerprint density at radius 2 is 1.96 bits per heavy atom. The number of amides is 1. The van der Waals surface area contributed by atoms with Gasteiger partial charge in [-0.1, -0.05) is 0 Å². The Bertz CT molecular complexity index is 922. The largest absolute Gasteiger partial charge is 0.497 e. The molecule has 0 saturated heterocycles. The summed E-state index contributed by atoms with van der Waals surface area (Å²) in [6, 6.07) is 10.5. The van der Waals surface area contributed by atoms with Gasteiger partial charge >= 0.3 is 0 Å². The van der Waals surface area contributed by atoms with E-state index in [4.69, 9.17) is 9.47 Å². The second-order valence-corrected chi connectivity index (χ2v) is 5.21. The highest BCUT2D eigenvalue weighted by molar-refractivity contribution is 5.94. The Balaban J connectivity index is 1.75. The van der Waals surface area contributed by atoms with Crippen LogP contribution in [0, 0.1) is 0 Å². The number of aromatic nitrogens is 3. The number of benzene rings is 1. The minimum atomic E-state index is -0.407. The Kier molecular flexibility index (Phi) is 5.23. The second kappa shape index (κ2) is 7.93. The highest BCUT2D eigenvalue weighted by Gasteiger charge is 2.14. The van der Waals surface area contributed by atoms with Gasteiger partial charge in [0.1, 0.15) is 17.2 Å². The summed E-state index contributed by atoms with van der Waals surface area (Å²) >= 11 is 0. The summed E-state index contributed by atoms with van der Waals surface area (Å²) in [6.07, 6.45) is 4.82. The first kappa shape index (κ1) is 17.2. The smallest absolute Gasteiger partial charge is 0.289 e. The van der Waals surface area contributed by atoms with Crippen molar-refractivity contribution in [2.45, 2.75) is 0 Å². The summed E-state index contributed by atoms with van der Waals surface area (Å²) in [5.74, 6) is 0.882. The van der Waals surface area contributed by atoms with Crippen molar-refractivity contribution in [1.29, 1.82) is 0 Å². The molecule has 2 N–H and O–H groups in total. The summed E-state index contributed by atoms with van der Waals surface area (Å²) < 4.78 is 10.6. The monoisotopic (exact) mass is 351 g/mol. The van der Waals surface area contributed by atoms with Crippen molar-refractivity contribution in [2.75, 3.05) is 14.2 Å². The Morgan fingerprint density at radius 3 is 2.69 bits per heavy atom. The van der Waals surface area contributed by atoms with Crippen molar-refractivity contribution in [3.05, 3.63) is 60.0 Å². The van der Waals surface area contributed by atoms with Crippen LogP contribution in [0.25, 0.3) is 11.3 Å². The third-order valence-corrected chi connectivity index (χ3v) is 3.59. The van der Waals surface area contributed by atoms with Crippen molar-refractivity contribution in [3.8, 4) is 22.8 Å². The van der Waals surface area contributed by atoms with E-state index in [-0.39, 0.29) is 5.69 Å². The number of hydrogen-bond acceptors (Lipinski definition) is 6. The van der Waals surface area contributed by atoms with Crippen LogP contribution < -0.4 is 14.9 Å². The molecule has 0 saturated carbocycles. The van der Waals surface area contributed by atoms with E-state index in [1.54, 1.807) is 63.0 Å². The number of pyridine rings is 1. The van der Waals surface area contributed by atoms with Crippen LogP contribution in [0.5, 0.6) is 11.5 Å². The van der Waals surface area contributed by atoms with Crippen LogP contribution >= 0.6 is 0 Å². The van der Waals surface area contributed by atoms with Gasteiger partial charge in [-0.15, -0.1) is 0 Å². The Hall–Kier alpha value is -3.68. The van der Waals surface area contributed by atoms with Crippen molar-refractivity contribution in [1.82, 2.24) is 20.6 Å². The summed E-state index contributed by atoms with van der Waals surface area (Å²) in [4.78, 5) is 16.1. The first-order chi connectivity index (χ1) is 12.7. The summed E-state index contributed by atoms with van der Waals surface area (Å²) in [7, 11) is 3.15. The first-order valence-corrected chi connectivity index (χ1v) is 7.72. The molecular weight excluding hydrogens is 334 g/mol. The minimum absolute atomic E-state index is 0.275. The van der Waals surface area contributed by atoms with Gasteiger partial charge in [-0.2, -0.15) is 10.2 Å². The molecule has 0 radical (unpaired) electrons. The van der Waals surface area contributed by atoms with Crippen LogP contribution in [0.3, 0.4) is 0 Å². The van der Waals surface area contributed by atoms with Gasteiger partial charge in [0.2, 0.25) is 0 Å².